The summed E-state index contributed by atoms with van der Waals surface area (Å²) >= 11 is 0. The van der Waals surface area contributed by atoms with Crippen LogP contribution in [0.4, 0.5) is 0 Å². The minimum absolute atomic E-state index is 0.161. The Morgan fingerprint density at radius 2 is 2.00 bits per heavy atom. The fraction of sp³-hybridized carbons (Fsp3) is 0.632. The summed E-state index contributed by atoms with van der Waals surface area (Å²) in [6.45, 7) is 2.50. The zero-order chi connectivity index (χ0) is 17.8. The number of piperidine rings is 1. The third kappa shape index (κ3) is 4.30. The fourth-order valence-corrected chi connectivity index (χ4v) is 3.75. The molecule has 136 valence electrons. The Morgan fingerprint density at radius 3 is 2.72 bits per heavy atom. The van der Waals surface area contributed by atoms with Crippen molar-refractivity contribution in [1.29, 1.82) is 0 Å². The van der Waals surface area contributed by atoms with Crippen LogP contribution in [0.25, 0.3) is 0 Å². The normalized spacial score (nSPS) is 24.8. The van der Waals surface area contributed by atoms with Crippen molar-refractivity contribution < 1.29 is 19.4 Å². The largest absolute Gasteiger partial charge is 0.480 e. The number of aliphatic carboxylic acids is 1. The van der Waals surface area contributed by atoms with Crippen LogP contribution in [0, 0.1) is 5.92 Å². The zero-order valence-electron chi connectivity index (χ0n) is 14.7. The molecule has 1 aliphatic heterocycles. The van der Waals surface area contributed by atoms with Crippen LogP contribution < -0.4 is 4.74 Å². The van der Waals surface area contributed by atoms with Crippen LogP contribution in [0.2, 0.25) is 0 Å². The van der Waals surface area contributed by atoms with Crippen molar-refractivity contribution >= 4 is 11.9 Å². The maximum absolute atomic E-state index is 12.8. The Labute approximate surface area is 148 Å². The van der Waals surface area contributed by atoms with Gasteiger partial charge in [0, 0.05) is 24.4 Å². The van der Waals surface area contributed by atoms with E-state index in [1.165, 1.54) is 11.3 Å². The van der Waals surface area contributed by atoms with Gasteiger partial charge in [-0.2, -0.15) is 0 Å². The van der Waals surface area contributed by atoms with Gasteiger partial charge in [0.25, 0.3) is 5.91 Å². The molecule has 6 heteroatoms. The smallest absolute Gasteiger partial charge is 0.326 e. The number of carbonyl (C=O) groups is 2. The molecule has 2 unspecified atom stereocenters. The van der Waals surface area contributed by atoms with Gasteiger partial charge in [-0.05, 0) is 50.5 Å². The zero-order valence-corrected chi connectivity index (χ0v) is 14.7. The summed E-state index contributed by atoms with van der Waals surface area (Å²) in [5, 5.41) is 9.46. The third-order valence-electron chi connectivity index (χ3n) is 5.23. The number of pyridine rings is 1. The van der Waals surface area contributed by atoms with E-state index in [-0.39, 0.29) is 12.0 Å². The molecule has 1 amide bonds. The first-order chi connectivity index (χ1) is 12.0. The summed E-state index contributed by atoms with van der Waals surface area (Å²) < 4.78 is 5.93. The second kappa shape index (κ2) is 7.85. The van der Waals surface area contributed by atoms with Crippen LogP contribution in [0.5, 0.6) is 5.88 Å². The molecule has 0 spiro atoms. The van der Waals surface area contributed by atoms with Crippen molar-refractivity contribution in [2.24, 2.45) is 5.92 Å². The third-order valence-corrected chi connectivity index (χ3v) is 5.23. The fourth-order valence-electron chi connectivity index (χ4n) is 3.75. The molecular formula is C19H26N2O4. The van der Waals surface area contributed by atoms with E-state index in [1.807, 2.05) is 6.92 Å². The topological polar surface area (TPSA) is 79.7 Å². The van der Waals surface area contributed by atoms with Crippen molar-refractivity contribution in [2.75, 3.05) is 6.54 Å². The van der Waals surface area contributed by atoms with Crippen molar-refractivity contribution in [1.82, 2.24) is 9.88 Å². The van der Waals surface area contributed by atoms with Crippen molar-refractivity contribution in [3.63, 3.8) is 0 Å². The number of carbonyl (C=O) groups excluding carboxylic acids is 1. The number of carboxylic acids is 1. The number of ether oxygens (including phenoxy) is 1. The molecule has 1 aromatic heterocycles. The minimum Gasteiger partial charge on any atom is -0.480 e. The van der Waals surface area contributed by atoms with Gasteiger partial charge >= 0.3 is 5.97 Å². The van der Waals surface area contributed by atoms with Gasteiger partial charge in [0.15, 0.2) is 0 Å². The number of aromatic nitrogens is 1. The number of hydrogen-bond donors (Lipinski definition) is 1. The predicted octanol–water partition coefficient (Wildman–Crippen LogP) is 3.12. The molecular weight excluding hydrogens is 320 g/mol. The van der Waals surface area contributed by atoms with Crippen molar-refractivity contribution in [2.45, 2.75) is 64.0 Å². The molecule has 0 aromatic carbocycles. The lowest BCUT2D eigenvalue weighted by molar-refractivity contribution is -0.144. The highest BCUT2D eigenvalue weighted by molar-refractivity contribution is 5.96. The van der Waals surface area contributed by atoms with E-state index in [1.54, 1.807) is 18.3 Å². The molecule has 1 N–H and O–H groups in total. The first-order valence-corrected chi connectivity index (χ1v) is 9.21. The number of carboxylic acid groups (broad SMARTS) is 1. The Morgan fingerprint density at radius 1 is 1.24 bits per heavy atom. The summed E-state index contributed by atoms with van der Waals surface area (Å²) in [5.74, 6) is -0.425. The Bertz CT molecular complexity index is 628. The van der Waals surface area contributed by atoms with Gasteiger partial charge in [-0.25, -0.2) is 9.78 Å². The Hall–Kier alpha value is -2.11. The van der Waals surface area contributed by atoms with E-state index in [9.17, 15) is 14.7 Å². The number of nitrogens with zero attached hydrogens (tertiary/aromatic N) is 2. The first kappa shape index (κ1) is 17.7. The highest BCUT2D eigenvalue weighted by atomic mass is 16.5. The number of rotatable bonds is 4. The van der Waals surface area contributed by atoms with Crippen LogP contribution in [0.1, 0.15) is 62.2 Å². The Kier molecular flexibility index (Phi) is 5.56. The van der Waals surface area contributed by atoms with Crippen LogP contribution in [-0.2, 0) is 4.79 Å². The Balaban J connectivity index is 1.72. The van der Waals surface area contributed by atoms with Gasteiger partial charge < -0.3 is 14.7 Å². The number of likely N-dealkylation sites (tertiary alicyclic amines) is 1. The van der Waals surface area contributed by atoms with E-state index < -0.39 is 12.0 Å². The van der Waals surface area contributed by atoms with Crippen LogP contribution >= 0.6 is 0 Å². The summed E-state index contributed by atoms with van der Waals surface area (Å²) in [5.41, 5.74) is 0.446. The number of hydrogen-bond acceptors (Lipinski definition) is 4. The quantitative estimate of drug-likeness (QED) is 0.906. The second-order valence-corrected chi connectivity index (χ2v) is 7.24. The molecule has 2 aliphatic rings. The maximum Gasteiger partial charge on any atom is 0.326 e. The van der Waals surface area contributed by atoms with E-state index in [4.69, 9.17) is 4.74 Å². The lowest BCUT2D eigenvalue weighted by Crippen LogP contribution is -2.49. The monoisotopic (exact) mass is 346 g/mol. The lowest BCUT2D eigenvalue weighted by Gasteiger charge is -2.36. The first-order valence-electron chi connectivity index (χ1n) is 9.21. The van der Waals surface area contributed by atoms with E-state index >= 15 is 0 Å². The number of amides is 1. The molecule has 1 saturated heterocycles. The average molecular weight is 346 g/mol. The molecule has 0 radical (unpaired) electrons. The molecule has 2 atom stereocenters. The molecule has 3 rings (SSSR count). The van der Waals surface area contributed by atoms with Crippen LogP contribution in [-0.4, -0.2) is 45.6 Å². The molecule has 1 saturated carbocycles. The van der Waals surface area contributed by atoms with Gasteiger partial charge in [0.05, 0.1) is 0 Å². The molecule has 1 aliphatic carbocycles. The van der Waals surface area contributed by atoms with Crippen LogP contribution in [0.15, 0.2) is 18.3 Å². The second-order valence-electron chi connectivity index (χ2n) is 7.24. The maximum atomic E-state index is 12.8. The van der Waals surface area contributed by atoms with Gasteiger partial charge in [-0.3, -0.25) is 4.79 Å². The molecule has 25 heavy (non-hydrogen) atoms. The van der Waals surface area contributed by atoms with Gasteiger partial charge in [-0.1, -0.05) is 13.3 Å². The molecule has 0 bridgehead atoms. The molecule has 6 nitrogen and oxygen atoms in total. The average Bonchev–Trinajstić information content (AvgIpc) is 2.62. The van der Waals surface area contributed by atoms with Gasteiger partial charge in [-0.15, -0.1) is 0 Å². The predicted molar refractivity (Wildman–Crippen MR) is 92.6 cm³/mol. The SMILES string of the molecule is CC1CCN(C(=O)c2ccnc(OC3CCCCC3)c2)C(C(=O)O)C1. The molecule has 1 aromatic rings. The summed E-state index contributed by atoms with van der Waals surface area (Å²) in [4.78, 5) is 30.1. The molecule has 2 heterocycles. The summed E-state index contributed by atoms with van der Waals surface area (Å²) in [7, 11) is 0. The standard InChI is InChI=1S/C19H26N2O4/c1-13-8-10-21(16(11-13)19(23)24)18(22)14-7-9-20-17(12-14)25-15-5-3-2-4-6-15/h7,9,12-13,15-16H,2-6,8,10-11H2,1H3,(H,23,24). The minimum atomic E-state index is -0.937. The summed E-state index contributed by atoms with van der Waals surface area (Å²) in [6, 6.07) is 2.52. The van der Waals surface area contributed by atoms with E-state index in [0.717, 1.165) is 32.1 Å². The van der Waals surface area contributed by atoms with E-state index in [0.29, 0.717) is 30.3 Å². The van der Waals surface area contributed by atoms with Crippen molar-refractivity contribution in [3.8, 4) is 5.88 Å². The summed E-state index contributed by atoms with van der Waals surface area (Å²) in [6.07, 6.45) is 8.66. The van der Waals surface area contributed by atoms with Gasteiger partial charge in [0.1, 0.15) is 12.1 Å². The van der Waals surface area contributed by atoms with Crippen LogP contribution in [0.3, 0.4) is 0 Å². The lowest BCUT2D eigenvalue weighted by atomic mass is 9.92. The molecule has 2 fully saturated rings. The van der Waals surface area contributed by atoms with E-state index in [2.05, 4.69) is 4.98 Å². The highest BCUT2D eigenvalue weighted by Crippen LogP contribution is 2.26. The highest BCUT2D eigenvalue weighted by Gasteiger charge is 2.35. The van der Waals surface area contributed by atoms with Crippen molar-refractivity contribution in [3.05, 3.63) is 23.9 Å². The van der Waals surface area contributed by atoms with Gasteiger partial charge in [0.2, 0.25) is 5.88 Å².